The molecule has 0 saturated heterocycles. The van der Waals surface area contributed by atoms with E-state index in [0.717, 1.165) is 16.3 Å². The highest BCUT2D eigenvalue weighted by atomic mass is 35.5. The Kier molecular flexibility index (Phi) is 5.01. The molecule has 6 heteroatoms. The number of halogens is 1. The topological polar surface area (TPSA) is 54.4 Å². The van der Waals surface area contributed by atoms with Crippen molar-refractivity contribution in [2.45, 2.75) is 20.1 Å². The Bertz CT molecular complexity index is 545. The molecule has 2 rings (SSSR count). The predicted molar refractivity (Wildman–Crippen MR) is 78.0 cm³/mol. The van der Waals surface area contributed by atoms with Gasteiger partial charge in [0.2, 0.25) is 0 Å². The number of hydrogen-bond donors (Lipinski definition) is 2. The Morgan fingerprint density at radius 1 is 1.47 bits per heavy atom. The second-order valence-electron chi connectivity index (χ2n) is 3.83. The van der Waals surface area contributed by atoms with Gasteiger partial charge in [0.15, 0.2) is 0 Å². The molecule has 19 heavy (non-hydrogen) atoms. The van der Waals surface area contributed by atoms with Gasteiger partial charge < -0.3 is 15.2 Å². The number of hydrogen-bond acceptors (Lipinski definition) is 5. The maximum absolute atomic E-state index is 9.32. The van der Waals surface area contributed by atoms with Crippen LogP contribution < -0.4 is 10.1 Å². The van der Waals surface area contributed by atoms with Crippen LogP contribution in [0, 0.1) is 0 Å². The van der Waals surface area contributed by atoms with Gasteiger partial charge in [-0.05, 0) is 25.1 Å². The standard InChI is InChI=1S/C13H15ClN2O2S/c1-2-18-11-4-3-10(5-9(11)8-17)15-7-13-16-6-12(14)19-13/h3-6,15,17H,2,7-8H2,1H3. The van der Waals surface area contributed by atoms with Crippen molar-refractivity contribution in [1.82, 2.24) is 4.98 Å². The molecule has 0 atom stereocenters. The van der Waals surface area contributed by atoms with Crippen LogP contribution in [0.25, 0.3) is 0 Å². The van der Waals surface area contributed by atoms with Gasteiger partial charge in [0.05, 0.1) is 26.0 Å². The zero-order chi connectivity index (χ0) is 13.7. The minimum absolute atomic E-state index is 0.0477. The SMILES string of the molecule is CCOc1ccc(NCc2ncc(Cl)s2)cc1CO. The number of benzene rings is 1. The fourth-order valence-electron chi connectivity index (χ4n) is 1.66. The molecule has 0 spiro atoms. The molecular formula is C13H15ClN2O2S. The van der Waals surface area contributed by atoms with Crippen LogP contribution in [0.15, 0.2) is 24.4 Å². The van der Waals surface area contributed by atoms with Crippen molar-refractivity contribution in [3.8, 4) is 5.75 Å². The molecule has 0 saturated carbocycles. The molecule has 1 heterocycles. The van der Waals surface area contributed by atoms with E-state index in [1.807, 2.05) is 25.1 Å². The van der Waals surface area contributed by atoms with E-state index in [9.17, 15) is 5.11 Å². The molecule has 4 nitrogen and oxygen atoms in total. The number of rotatable bonds is 6. The lowest BCUT2D eigenvalue weighted by Crippen LogP contribution is -2.01. The minimum atomic E-state index is -0.0477. The highest BCUT2D eigenvalue weighted by Crippen LogP contribution is 2.24. The molecule has 0 radical (unpaired) electrons. The van der Waals surface area contributed by atoms with E-state index in [1.165, 1.54) is 11.3 Å². The number of nitrogens with one attached hydrogen (secondary N) is 1. The van der Waals surface area contributed by atoms with Crippen LogP contribution in [0.3, 0.4) is 0 Å². The lowest BCUT2D eigenvalue weighted by Gasteiger charge is -2.11. The molecule has 0 amide bonds. The predicted octanol–water partition coefficient (Wildman–Crippen LogP) is 3.30. The first-order valence-electron chi connectivity index (χ1n) is 5.93. The van der Waals surface area contributed by atoms with E-state index in [4.69, 9.17) is 16.3 Å². The van der Waals surface area contributed by atoms with Crippen molar-refractivity contribution < 1.29 is 9.84 Å². The van der Waals surface area contributed by atoms with Crippen LogP contribution in [0.2, 0.25) is 4.34 Å². The summed E-state index contributed by atoms with van der Waals surface area (Å²) < 4.78 is 6.11. The van der Waals surface area contributed by atoms with Gasteiger partial charge in [0, 0.05) is 11.3 Å². The molecular weight excluding hydrogens is 284 g/mol. The molecule has 1 aromatic heterocycles. The molecule has 2 aromatic rings. The van der Waals surface area contributed by atoms with Crippen molar-refractivity contribution in [2.24, 2.45) is 0 Å². The molecule has 2 N–H and O–H groups in total. The maximum atomic E-state index is 9.32. The van der Waals surface area contributed by atoms with Crippen molar-refractivity contribution in [3.63, 3.8) is 0 Å². The Balaban J connectivity index is 2.04. The zero-order valence-electron chi connectivity index (χ0n) is 10.5. The van der Waals surface area contributed by atoms with Crippen LogP contribution in [0.5, 0.6) is 5.75 Å². The number of nitrogens with zero attached hydrogens (tertiary/aromatic N) is 1. The summed E-state index contributed by atoms with van der Waals surface area (Å²) in [5.74, 6) is 0.716. The summed E-state index contributed by atoms with van der Waals surface area (Å²) in [6.45, 7) is 3.06. The second-order valence-corrected chi connectivity index (χ2v) is 5.57. The Morgan fingerprint density at radius 2 is 2.32 bits per heavy atom. The third-order valence-corrected chi connectivity index (χ3v) is 3.61. The molecule has 0 bridgehead atoms. The fourth-order valence-corrected chi connectivity index (χ4v) is 2.55. The average molecular weight is 299 g/mol. The quantitative estimate of drug-likeness (QED) is 0.859. The summed E-state index contributed by atoms with van der Waals surface area (Å²) in [6.07, 6.45) is 1.64. The van der Waals surface area contributed by atoms with Gasteiger partial charge >= 0.3 is 0 Å². The Morgan fingerprint density at radius 3 is 2.95 bits per heavy atom. The second kappa shape index (κ2) is 6.75. The van der Waals surface area contributed by atoms with Crippen LogP contribution in [-0.4, -0.2) is 16.7 Å². The van der Waals surface area contributed by atoms with E-state index in [2.05, 4.69) is 10.3 Å². The highest BCUT2D eigenvalue weighted by Gasteiger charge is 2.05. The van der Waals surface area contributed by atoms with Gasteiger partial charge in [0.1, 0.15) is 15.1 Å². The largest absolute Gasteiger partial charge is 0.494 e. The first-order chi connectivity index (χ1) is 9.22. The van der Waals surface area contributed by atoms with E-state index >= 15 is 0 Å². The number of aliphatic hydroxyl groups excluding tert-OH is 1. The average Bonchev–Trinajstić information content (AvgIpc) is 2.83. The Hall–Kier alpha value is -1.30. The van der Waals surface area contributed by atoms with Crippen LogP contribution >= 0.6 is 22.9 Å². The van der Waals surface area contributed by atoms with Crippen LogP contribution in [0.4, 0.5) is 5.69 Å². The fraction of sp³-hybridized carbons (Fsp3) is 0.308. The van der Waals surface area contributed by atoms with Crippen molar-refractivity contribution in [1.29, 1.82) is 0 Å². The molecule has 0 unspecified atom stereocenters. The number of thiazole rings is 1. The Labute approximate surface area is 121 Å². The maximum Gasteiger partial charge on any atom is 0.124 e. The van der Waals surface area contributed by atoms with Gasteiger partial charge in [-0.15, -0.1) is 11.3 Å². The van der Waals surface area contributed by atoms with Crippen molar-refractivity contribution >= 4 is 28.6 Å². The number of ether oxygens (including phenoxy) is 1. The minimum Gasteiger partial charge on any atom is -0.494 e. The first kappa shape index (κ1) is 14.1. The lowest BCUT2D eigenvalue weighted by molar-refractivity contribution is 0.267. The molecule has 0 aliphatic rings. The van der Waals surface area contributed by atoms with Gasteiger partial charge in [-0.25, -0.2) is 4.98 Å². The lowest BCUT2D eigenvalue weighted by atomic mass is 10.2. The van der Waals surface area contributed by atoms with E-state index < -0.39 is 0 Å². The molecule has 102 valence electrons. The zero-order valence-corrected chi connectivity index (χ0v) is 12.1. The monoisotopic (exact) mass is 298 g/mol. The summed E-state index contributed by atoms with van der Waals surface area (Å²) >= 11 is 7.27. The summed E-state index contributed by atoms with van der Waals surface area (Å²) in [6, 6.07) is 5.64. The van der Waals surface area contributed by atoms with Gasteiger partial charge in [-0.3, -0.25) is 0 Å². The van der Waals surface area contributed by atoms with Crippen LogP contribution in [-0.2, 0) is 13.2 Å². The molecule has 0 aliphatic heterocycles. The van der Waals surface area contributed by atoms with E-state index in [1.54, 1.807) is 6.20 Å². The summed E-state index contributed by atoms with van der Waals surface area (Å²) in [5, 5.41) is 13.5. The number of anilines is 1. The normalized spacial score (nSPS) is 10.5. The smallest absolute Gasteiger partial charge is 0.124 e. The number of aliphatic hydroxyl groups is 1. The van der Waals surface area contributed by atoms with Crippen LogP contribution in [0.1, 0.15) is 17.5 Å². The molecule has 0 aliphatic carbocycles. The van der Waals surface area contributed by atoms with Crippen molar-refractivity contribution in [3.05, 3.63) is 39.3 Å². The van der Waals surface area contributed by atoms with Crippen molar-refractivity contribution in [2.75, 3.05) is 11.9 Å². The third-order valence-electron chi connectivity index (χ3n) is 2.50. The summed E-state index contributed by atoms with van der Waals surface area (Å²) in [5.41, 5.74) is 1.68. The van der Waals surface area contributed by atoms with Gasteiger partial charge in [-0.2, -0.15) is 0 Å². The molecule has 0 fully saturated rings. The first-order valence-corrected chi connectivity index (χ1v) is 7.13. The highest BCUT2D eigenvalue weighted by molar-refractivity contribution is 7.15. The van der Waals surface area contributed by atoms with E-state index in [0.29, 0.717) is 23.2 Å². The third kappa shape index (κ3) is 3.83. The summed E-state index contributed by atoms with van der Waals surface area (Å²) in [4.78, 5) is 4.17. The van der Waals surface area contributed by atoms with Gasteiger partial charge in [0.25, 0.3) is 0 Å². The summed E-state index contributed by atoms with van der Waals surface area (Å²) in [7, 11) is 0. The molecule has 1 aromatic carbocycles. The van der Waals surface area contributed by atoms with Gasteiger partial charge in [-0.1, -0.05) is 11.6 Å². The number of aromatic nitrogens is 1. The van der Waals surface area contributed by atoms with E-state index in [-0.39, 0.29) is 6.61 Å².